The molecule has 1 saturated heterocycles. The van der Waals surface area contributed by atoms with Crippen LogP contribution in [0.25, 0.3) is 0 Å². The van der Waals surface area contributed by atoms with Gasteiger partial charge in [0.25, 0.3) is 0 Å². The largest absolute Gasteiger partial charge is 0.507 e. The highest BCUT2D eigenvalue weighted by Gasteiger charge is 2.81. The number of Topliss-reactive ketones (excluding diaryl/α,β-unsaturated/α-hetero) is 2. The molecule has 2 fully saturated rings. The number of carbonyl (C=O) groups is 3. The first-order valence-electron chi connectivity index (χ1n) is 14.1. The van der Waals surface area contributed by atoms with Crippen LogP contribution in [0.2, 0.25) is 0 Å². The number of ketones is 2. The third-order valence-corrected chi connectivity index (χ3v) is 9.15. The Balaban J connectivity index is 1.81. The van der Waals surface area contributed by atoms with Gasteiger partial charge in [-0.25, -0.2) is 4.79 Å². The summed E-state index contributed by atoms with van der Waals surface area (Å²) < 4.78 is 13.5. The Morgan fingerprint density at radius 1 is 0.976 bits per heavy atom. The number of ether oxygens (including phenoxy) is 2. The van der Waals surface area contributed by atoms with E-state index in [-0.39, 0.29) is 64.6 Å². The highest BCUT2D eigenvalue weighted by molar-refractivity contribution is 6.18. The van der Waals surface area contributed by atoms with Crippen LogP contribution in [-0.4, -0.2) is 49.7 Å². The fourth-order valence-electron chi connectivity index (χ4n) is 7.14. The Hall–Kier alpha value is -3.65. The zero-order valence-corrected chi connectivity index (χ0v) is 24.7. The summed E-state index contributed by atoms with van der Waals surface area (Å²) in [6.45, 7) is 12.8. The molecule has 3 N–H and O–H groups in total. The number of aromatic hydroxyl groups is 2. The van der Waals surface area contributed by atoms with Crippen LogP contribution < -0.4 is 4.74 Å². The first kappa shape index (κ1) is 28.9. The van der Waals surface area contributed by atoms with Crippen molar-refractivity contribution in [3.63, 3.8) is 0 Å². The number of fused-ring (bicyclic) bond motifs is 1. The Labute approximate surface area is 240 Å². The maximum atomic E-state index is 14.5. The van der Waals surface area contributed by atoms with E-state index in [2.05, 4.69) is 0 Å². The average Bonchev–Trinajstić information content (AvgIpc) is 3.03. The normalized spacial score (nSPS) is 28.9. The molecule has 0 radical (unpaired) electrons. The van der Waals surface area contributed by atoms with Crippen molar-refractivity contribution >= 4 is 17.5 Å². The monoisotopic (exact) mass is 562 g/mol. The number of phenols is 2. The maximum absolute atomic E-state index is 14.5. The molecule has 4 bridgehead atoms. The van der Waals surface area contributed by atoms with Crippen molar-refractivity contribution in [3.05, 3.63) is 63.3 Å². The van der Waals surface area contributed by atoms with Crippen molar-refractivity contribution in [2.45, 2.75) is 91.0 Å². The molecule has 1 spiro atoms. The van der Waals surface area contributed by atoms with Crippen LogP contribution in [0.5, 0.6) is 17.2 Å². The topological polar surface area (TPSA) is 130 Å². The number of carboxylic acid groups (broad SMARTS) is 1. The summed E-state index contributed by atoms with van der Waals surface area (Å²) in [4.78, 5) is 40.2. The van der Waals surface area contributed by atoms with Crippen LogP contribution in [0.1, 0.15) is 82.8 Å². The molecule has 2 unspecified atom stereocenters. The lowest BCUT2D eigenvalue weighted by molar-refractivity contribution is -0.171. The van der Waals surface area contributed by atoms with Gasteiger partial charge in [-0.1, -0.05) is 35.5 Å². The minimum absolute atomic E-state index is 0.0291. The molecule has 6 rings (SSSR count). The molecular weight excluding hydrogens is 524 g/mol. The Morgan fingerprint density at radius 2 is 1.59 bits per heavy atom. The molecule has 41 heavy (non-hydrogen) atoms. The number of rotatable bonds is 7. The summed E-state index contributed by atoms with van der Waals surface area (Å²) in [7, 11) is 0. The Morgan fingerprint density at radius 3 is 2.17 bits per heavy atom. The first-order valence-corrected chi connectivity index (χ1v) is 14.1. The zero-order valence-electron chi connectivity index (χ0n) is 24.7. The van der Waals surface area contributed by atoms with Crippen LogP contribution in [-0.2, 0) is 27.2 Å². The van der Waals surface area contributed by atoms with Gasteiger partial charge in [-0.2, -0.15) is 0 Å². The Kier molecular flexibility index (Phi) is 6.65. The predicted octanol–water partition coefficient (Wildman–Crippen LogP) is 5.54. The Bertz CT molecular complexity index is 1510. The van der Waals surface area contributed by atoms with E-state index in [1.54, 1.807) is 6.08 Å². The number of benzene rings is 1. The van der Waals surface area contributed by atoms with E-state index in [0.717, 1.165) is 11.1 Å². The molecule has 0 aromatic heterocycles. The second kappa shape index (κ2) is 9.44. The van der Waals surface area contributed by atoms with Crippen molar-refractivity contribution in [2.24, 2.45) is 11.8 Å². The average molecular weight is 563 g/mol. The van der Waals surface area contributed by atoms with Gasteiger partial charge < -0.3 is 24.8 Å². The van der Waals surface area contributed by atoms with Crippen molar-refractivity contribution in [2.75, 3.05) is 0 Å². The van der Waals surface area contributed by atoms with Crippen molar-refractivity contribution in [1.29, 1.82) is 0 Å². The number of hydrogen-bond donors (Lipinski definition) is 3. The molecule has 5 aliphatic rings. The molecule has 0 amide bonds. The van der Waals surface area contributed by atoms with Gasteiger partial charge >= 0.3 is 5.97 Å². The van der Waals surface area contributed by atoms with Gasteiger partial charge in [-0.15, -0.1) is 0 Å². The van der Waals surface area contributed by atoms with Gasteiger partial charge in [0.05, 0.1) is 5.60 Å². The van der Waals surface area contributed by atoms with Gasteiger partial charge in [0, 0.05) is 40.5 Å². The smallest absolute Gasteiger partial charge is 0.330 e. The highest BCUT2D eigenvalue weighted by atomic mass is 16.6. The van der Waals surface area contributed by atoms with Gasteiger partial charge in [0.1, 0.15) is 22.8 Å². The molecule has 8 heteroatoms. The molecule has 1 aromatic carbocycles. The first-order chi connectivity index (χ1) is 19.1. The summed E-state index contributed by atoms with van der Waals surface area (Å²) in [6.07, 6.45) is 7.63. The third-order valence-electron chi connectivity index (χ3n) is 9.15. The van der Waals surface area contributed by atoms with Crippen molar-refractivity contribution in [1.82, 2.24) is 0 Å². The van der Waals surface area contributed by atoms with E-state index < -0.39 is 40.4 Å². The lowest BCUT2D eigenvalue weighted by atomic mass is 9.51. The lowest BCUT2D eigenvalue weighted by Crippen LogP contribution is -2.72. The quantitative estimate of drug-likeness (QED) is 0.292. The van der Waals surface area contributed by atoms with E-state index in [0.29, 0.717) is 12.0 Å². The second-order valence-electron chi connectivity index (χ2n) is 12.8. The summed E-state index contributed by atoms with van der Waals surface area (Å²) >= 11 is 0. The number of carbonyl (C=O) groups excluding carboxylic acids is 2. The molecule has 8 nitrogen and oxygen atoms in total. The van der Waals surface area contributed by atoms with Crippen LogP contribution in [0, 0.1) is 11.8 Å². The van der Waals surface area contributed by atoms with E-state index in [4.69, 9.17) is 9.47 Å². The molecule has 4 atom stereocenters. The van der Waals surface area contributed by atoms with E-state index in [1.165, 1.54) is 13.0 Å². The van der Waals surface area contributed by atoms with Crippen molar-refractivity contribution < 1.29 is 39.2 Å². The molecular formula is C33H38O8. The second-order valence-corrected chi connectivity index (χ2v) is 12.8. The lowest BCUT2D eigenvalue weighted by Gasteiger charge is -2.56. The van der Waals surface area contributed by atoms with Gasteiger partial charge in [-0.3, -0.25) is 9.59 Å². The molecule has 3 aliphatic carbocycles. The standard InChI is InChI=1S/C33H38O8/c1-16(2)8-10-20-25(34)21(11-9-17(3)4)28-24(26(20)35)27(36)22-14-19-15-23-31(6,7)41-32(29(19)37,33(22,23)40-28)13-12-18(5)30(38)39/h8-9,12,14,19,23,34-35H,10-11,13,15H2,1-7H3,(H,38,39)/t19-,23?,32?,33-/m1/s1. The fraction of sp³-hybridized carbons (Fsp3) is 0.485. The minimum atomic E-state index is -1.65. The van der Waals surface area contributed by atoms with Crippen LogP contribution in [0.3, 0.4) is 0 Å². The van der Waals surface area contributed by atoms with E-state index >= 15 is 0 Å². The summed E-state index contributed by atoms with van der Waals surface area (Å²) in [5.41, 5.74) is -1.27. The van der Waals surface area contributed by atoms with Crippen molar-refractivity contribution in [3.8, 4) is 17.2 Å². The minimum Gasteiger partial charge on any atom is -0.507 e. The number of carboxylic acids is 1. The zero-order chi connectivity index (χ0) is 30.2. The molecule has 1 aromatic rings. The number of allylic oxidation sites excluding steroid dienone is 5. The van der Waals surface area contributed by atoms with E-state index in [9.17, 15) is 29.7 Å². The van der Waals surface area contributed by atoms with Gasteiger partial charge in [0.15, 0.2) is 22.8 Å². The SMILES string of the molecule is CC(C)=CCc1c(O)c(CC=C(C)C)c2c(c1O)C(=O)C1=C[C@@H]3CC4C(C)(C)OC(CC=C(C)C(=O)O)(C3=O)[C@@]14O2. The number of hydrogen-bond acceptors (Lipinski definition) is 7. The van der Waals surface area contributed by atoms with Gasteiger partial charge in [-0.05, 0) is 67.7 Å². The number of aliphatic carboxylic acids is 1. The fourth-order valence-corrected chi connectivity index (χ4v) is 7.14. The summed E-state index contributed by atoms with van der Waals surface area (Å²) in [6, 6.07) is 0. The molecule has 1 saturated carbocycles. The van der Waals surface area contributed by atoms with Crippen LogP contribution in [0.4, 0.5) is 0 Å². The summed E-state index contributed by atoms with van der Waals surface area (Å²) in [5.74, 6) is -3.32. The third kappa shape index (κ3) is 3.94. The van der Waals surface area contributed by atoms with Gasteiger partial charge in [0.2, 0.25) is 0 Å². The van der Waals surface area contributed by atoms with Crippen LogP contribution >= 0.6 is 0 Å². The molecule has 218 valence electrons. The predicted molar refractivity (Wildman–Crippen MR) is 152 cm³/mol. The summed E-state index contributed by atoms with van der Waals surface area (Å²) in [5, 5.41) is 32.5. The van der Waals surface area contributed by atoms with Crippen LogP contribution in [0.15, 0.2) is 46.6 Å². The molecule has 2 heterocycles. The maximum Gasteiger partial charge on any atom is 0.330 e. The highest BCUT2D eigenvalue weighted by Crippen LogP contribution is 2.68. The number of phenolic OH excluding ortho intramolecular Hbond substituents is 2. The van der Waals surface area contributed by atoms with E-state index in [1.807, 2.05) is 53.7 Å². The molecule has 2 aliphatic heterocycles.